The standard InChI is InChI=1S/C13H10N2O3/c1-3-6-15-12(17)10-7-9(8(2)16)4-5-11(10)14-13(15)18/h1,4-5,7H,6H2,2H3,(H,14,18). The lowest BCUT2D eigenvalue weighted by Gasteiger charge is -2.04. The van der Waals surface area contributed by atoms with Crippen molar-refractivity contribution in [2.24, 2.45) is 0 Å². The van der Waals surface area contributed by atoms with Crippen LogP contribution in [0, 0.1) is 12.3 Å². The number of aromatic amines is 1. The van der Waals surface area contributed by atoms with Crippen molar-refractivity contribution in [3.63, 3.8) is 0 Å². The van der Waals surface area contributed by atoms with E-state index in [-0.39, 0.29) is 17.7 Å². The zero-order valence-corrected chi connectivity index (χ0v) is 9.69. The molecule has 0 aliphatic heterocycles. The highest BCUT2D eigenvalue weighted by Gasteiger charge is 2.08. The molecule has 1 aromatic carbocycles. The SMILES string of the molecule is C#CCn1c(=O)[nH]c2ccc(C(C)=O)cc2c1=O. The first-order chi connectivity index (χ1) is 8.54. The van der Waals surface area contributed by atoms with Gasteiger partial charge in [0.2, 0.25) is 0 Å². The molecule has 0 spiro atoms. The van der Waals surface area contributed by atoms with E-state index in [1.54, 1.807) is 6.07 Å². The summed E-state index contributed by atoms with van der Waals surface area (Å²) in [5.41, 5.74) is -0.238. The first kappa shape index (κ1) is 11.9. The largest absolute Gasteiger partial charge is 0.329 e. The number of carbonyl (C=O) groups is 1. The van der Waals surface area contributed by atoms with Crippen molar-refractivity contribution in [3.05, 3.63) is 44.6 Å². The summed E-state index contributed by atoms with van der Waals surface area (Å²) < 4.78 is 0.923. The van der Waals surface area contributed by atoms with Gasteiger partial charge < -0.3 is 4.98 Å². The lowest BCUT2D eigenvalue weighted by Crippen LogP contribution is -2.34. The summed E-state index contributed by atoms with van der Waals surface area (Å²) in [6.45, 7) is 1.31. The highest BCUT2D eigenvalue weighted by molar-refractivity contribution is 5.97. The molecule has 0 bridgehead atoms. The smallest absolute Gasteiger partial charge is 0.307 e. The lowest BCUT2D eigenvalue weighted by atomic mass is 10.1. The minimum Gasteiger partial charge on any atom is -0.307 e. The van der Waals surface area contributed by atoms with Crippen LogP contribution in [0.3, 0.4) is 0 Å². The minimum absolute atomic E-state index is 0.103. The van der Waals surface area contributed by atoms with E-state index in [4.69, 9.17) is 6.42 Å². The third kappa shape index (κ3) is 1.84. The average Bonchev–Trinajstić information content (AvgIpc) is 2.34. The summed E-state index contributed by atoms with van der Waals surface area (Å²) in [7, 11) is 0. The average molecular weight is 242 g/mol. The van der Waals surface area contributed by atoms with E-state index in [9.17, 15) is 14.4 Å². The number of benzene rings is 1. The van der Waals surface area contributed by atoms with E-state index in [2.05, 4.69) is 10.9 Å². The number of ketones is 1. The molecule has 1 N–H and O–H groups in total. The molecule has 0 aliphatic rings. The number of nitrogens with one attached hydrogen (secondary N) is 1. The van der Waals surface area contributed by atoms with Gasteiger partial charge in [-0.05, 0) is 25.1 Å². The Kier molecular flexibility index (Phi) is 2.86. The maximum absolute atomic E-state index is 12.1. The molecular weight excluding hydrogens is 232 g/mol. The number of Topliss-reactive ketones (excluding diaryl/α,β-unsaturated/α-hetero) is 1. The summed E-state index contributed by atoms with van der Waals surface area (Å²) in [5, 5.41) is 0.276. The quantitative estimate of drug-likeness (QED) is 0.616. The second-order valence-corrected chi connectivity index (χ2v) is 3.84. The van der Waals surface area contributed by atoms with Gasteiger partial charge in [0.05, 0.1) is 17.4 Å². The normalized spacial score (nSPS) is 10.2. The third-order valence-corrected chi connectivity index (χ3v) is 2.64. The molecule has 0 unspecified atom stereocenters. The van der Waals surface area contributed by atoms with Crippen LogP contribution in [0.15, 0.2) is 27.8 Å². The van der Waals surface area contributed by atoms with Crippen LogP contribution in [0.1, 0.15) is 17.3 Å². The predicted molar refractivity (Wildman–Crippen MR) is 67.7 cm³/mol. The molecule has 0 saturated carbocycles. The van der Waals surface area contributed by atoms with Crippen molar-refractivity contribution in [1.29, 1.82) is 0 Å². The molecule has 1 aromatic heterocycles. The molecule has 0 atom stereocenters. The first-order valence-electron chi connectivity index (χ1n) is 5.26. The zero-order valence-electron chi connectivity index (χ0n) is 9.69. The molecule has 0 radical (unpaired) electrons. The number of H-pyrrole nitrogens is 1. The van der Waals surface area contributed by atoms with Gasteiger partial charge in [0.1, 0.15) is 0 Å². The van der Waals surface area contributed by atoms with Crippen LogP contribution in [-0.2, 0) is 6.54 Å². The van der Waals surface area contributed by atoms with E-state index in [1.165, 1.54) is 19.1 Å². The third-order valence-electron chi connectivity index (χ3n) is 2.64. The van der Waals surface area contributed by atoms with Crippen molar-refractivity contribution in [3.8, 4) is 12.3 Å². The maximum atomic E-state index is 12.1. The van der Waals surface area contributed by atoms with Crippen LogP contribution >= 0.6 is 0 Å². The summed E-state index contributed by atoms with van der Waals surface area (Å²) in [6, 6.07) is 4.56. The number of rotatable bonds is 2. The van der Waals surface area contributed by atoms with E-state index >= 15 is 0 Å². The molecule has 5 nitrogen and oxygen atoms in total. The molecule has 0 amide bonds. The molecule has 5 heteroatoms. The van der Waals surface area contributed by atoms with Crippen molar-refractivity contribution in [2.45, 2.75) is 13.5 Å². The van der Waals surface area contributed by atoms with Crippen LogP contribution in [0.2, 0.25) is 0 Å². The Balaban J connectivity index is 2.86. The fraction of sp³-hybridized carbons (Fsp3) is 0.154. The van der Waals surface area contributed by atoms with Crippen LogP contribution in [0.25, 0.3) is 10.9 Å². The Hall–Kier alpha value is -2.61. The molecule has 2 rings (SSSR count). The van der Waals surface area contributed by atoms with E-state index in [0.717, 1.165) is 4.57 Å². The number of carbonyl (C=O) groups excluding carboxylic acids is 1. The zero-order chi connectivity index (χ0) is 13.3. The van der Waals surface area contributed by atoms with Crippen molar-refractivity contribution >= 4 is 16.7 Å². The van der Waals surface area contributed by atoms with Crippen molar-refractivity contribution in [1.82, 2.24) is 9.55 Å². The summed E-state index contributed by atoms with van der Waals surface area (Å²) in [5.74, 6) is 2.10. The summed E-state index contributed by atoms with van der Waals surface area (Å²) in [4.78, 5) is 37.5. The Labute approximate surface area is 102 Å². The van der Waals surface area contributed by atoms with Gasteiger partial charge >= 0.3 is 5.69 Å². The first-order valence-corrected chi connectivity index (χ1v) is 5.26. The summed E-state index contributed by atoms with van der Waals surface area (Å²) in [6.07, 6.45) is 5.10. The molecule has 2 aromatic rings. The van der Waals surface area contributed by atoms with E-state index in [1.807, 2.05) is 0 Å². The molecule has 0 fully saturated rings. The molecular formula is C13H10N2O3. The highest BCUT2D eigenvalue weighted by atomic mass is 16.2. The molecule has 0 aliphatic carbocycles. The van der Waals surface area contributed by atoms with Crippen LogP contribution < -0.4 is 11.2 Å². The molecule has 1 heterocycles. The van der Waals surface area contributed by atoms with Crippen LogP contribution in [0.4, 0.5) is 0 Å². The Morgan fingerprint density at radius 1 is 1.44 bits per heavy atom. The Bertz CT molecular complexity index is 790. The fourth-order valence-corrected chi connectivity index (χ4v) is 1.70. The molecule has 18 heavy (non-hydrogen) atoms. The van der Waals surface area contributed by atoms with Gasteiger partial charge in [-0.25, -0.2) is 9.36 Å². The molecule has 0 saturated heterocycles. The maximum Gasteiger partial charge on any atom is 0.329 e. The van der Waals surface area contributed by atoms with Gasteiger partial charge in [0.25, 0.3) is 5.56 Å². The molecule has 90 valence electrons. The monoisotopic (exact) mass is 242 g/mol. The number of terminal acetylenes is 1. The number of hydrogen-bond acceptors (Lipinski definition) is 3. The van der Waals surface area contributed by atoms with Gasteiger partial charge in [0.15, 0.2) is 5.78 Å². The van der Waals surface area contributed by atoms with Crippen LogP contribution in [-0.4, -0.2) is 15.3 Å². The summed E-state index contributed by atoms with van der Waals surface area (Å²) >= 11 is 0. The fourth-order valence-electron chi connectivity index (χ4n) is 1.70. The number of nitrogens with zero attached hydrogens (tertiary/aromatic N) is 1. The Morgan fingerprint density at radius 2 is 2.17 bits per heavy atom. The topological polar surface area (TPSA) is 71.9 Å². The van der Waals surface area contributed by atoms with Gasteiger partial charge in [-0.15, -0.1) is 6.42 Å². The van der Waals surface area contributed by atoms with Gasteiger partial charge in [0, 0.05) is 5.56 Å². The van der Waals surface area contributed by atoms with Gasteiger partial charge in [-0.2, -0.15) is 0 Å². The Morgan fingerprint density at radius 3 is 2.78 bits per heavy atom. The second-order valence-electron chi connectivity index (χ2n) is 3.84. The van der Waals surface area contributed by atoms with Crippen LogP contribution in [0.5, 0.6) is 0 Å². The van der Waals surface area contributed by atoms with E-state index < -0.39 is 11.2 Å². The number of fused-ring (bicyclic) bond motifs is 1. The number of aromatic nitrogens is 2. The van der Waals surface area contributed by atoms with Crippen molar-refractivity contribution < 1.29 is 4.79 Å². The van der Waals surface area contributed by atoms with E-state index in [0.29, 0.717) is 11.1 Å². The second kappa shape index (κ2) is 4.34. The van der Waals surface area contributed by atoms with Gasteiger partial charge in [-0.3, -0.25) is 9.59 Å². The predicted octanol–water partition coefficient (Wildman–Crippen LogP) is 0.526. The van der Waals surface area contributed by atoms with Crippen molar-refractivity contribution in [2.75, 3.05) is 0 Å². The van der Waals surface area contributed by atoms with Gasteiger partial charge in [-0.1, -0.05) is 5.92 Å². The lowest BCUT2D eigenvalue weighted by molar-refractivity contribution is 0.101. The minimum atomic E-state index is -0.555. The number of hydrogen-bond donors (Lipinski definition) is 1. The highest BCUT2D eigenvalue weighted by Crippen LogP contribution is 2.09.